The minimum atomic E-state index is -3.79. The van der Waals surface area contributed by atoms with Crippen LogP contribution in [0, 0.1) is 6.92 Å². The molecule has 0 N–H and O–H groups in total. The number of carbonyl (C=O) groups excluding carboxylic acids is 1. The highest BCUT2D eigenvalue weighted by atomic mass is 32.2. The van der Waals surface area contributed by atoms with Crippen molar-refractivity contribution in [1.29, 1.82) is 0 Å². The predicted octanol–water partition coefficient (Wildman–Crippen LogP) is 2.32. The fourth-order valence-electron chi connectivity index (χ4n) is 2.97. The van der Waals surface area contributed by atoms with Crippen LogP contribution in [0.15, 0.2) is 41.6 Å². The van der Waals surface area contributed by atoms with Crippen molar-refractivity contribution in [2.75, 3.05) is 18.0 Å². The van der Waals surface area contributed by atoms with Crippen LogP contribution >= 0.6 is 0 Å². The molecule has 0 bridgehead atoms. The third-order valence-corrected chi connectivity index (χ3v) is 5.92. The van der Waals surface area contributed by atoms with Crippen LogP contribution in [0.1, 0.15) is 27.9 Å². The average molecular weight is 346 g/mol. The maximum Gasteiger partial charge on any atom is 0.340 e. The number of esters is 1. The first-order valence-corrected chi connectivity index (χ1v) is 9.04. The first-order valence-electron chi connectivity index (χ1n) is 7.60. The van der Waals surface area contributed by atoms with Crippen LogP contribution in [0.3, 0.4) is 0 Å². The zero-order valence-corrected chi connectivity index (χ0v) is 14.3. The highest BCUT2D eigenvalue weighted by Gasteiger charge is 2.33. The van der Waals surface area contributed by atoms with Gasteiger partial charge < -0.3 is 4.74 Å². The van der Waals surface area contributed by atoms with Crippen molar-refractivity contribution in [2.24, 2.45) is 0 Å². The van der Waals surface area contributed by atoms with Gasteiger partial charge in [0.2, 0.25) is 0 Å². The first-order chi connectivity index (χ1) is 11.5. The molecule has 0 radical (unpaired) electrons. The second-order valence-electron chi connectivity index (χ2n) is 5.63. The highest BCUT2D eigenvalue weighted by molar-refractivity contribution is 7.92. The largest absolute Gasteiger partial charge is 0.465 e. The van der Waals surface area contributed by atoms with Gasteiger partial charge in [0.05, 0.1) is 18.4 Å². The molecule has 7 heteroatoms. The zero-order valence-electron chi connectivity index (χ0n) is 13.5. The van der Waals surface area contributed by atoms with E-state index in [0.717, 1.165) is 12.0 Å². The van der Waals surface area contributed by atoms with Crippen LogP contribution in [-0.4, -0.2) is 33.0 Å². The molecular formula is C17H18N2O4S. The van der Waals surface area contributed by atoms with Crippen molar-refractivity contribution in [1.82, 2.24) is 4.98 Å². The summed E-state index contributed by atoms with van der Waals surface area (Å²) in [7, 11) is -2.50. The molecule has 1 aliphatic heterocycles. The number of hydrogen-bond acceptors (Lipinski definition) is 5. The van der Waals surface area contributed by atoms with Crippen LogP contribution in [0.25, 0.3) is 0 Å². The van der Waals surface area contributed by atoms with Crippen LogP contribution in [0.5, 0.6) is 0 Å². The summed E-state index contributed by atoms with van der Waals surface area (Å²) in [6, 6.07) is 6.78. The molecule has 1 aromatic heterocycles. The van der Waals surface area contributed by atoms with Crippen molar-refractivity contribution in [3.05, 3.63) is 53.3 Å². The Hall–Kier alpha value is -2.41. The zero-order chi connectivity index (χ0) is 17.3. The Balaban J connectivity index is 2.22. The number of aryl methyl sites for hydroxylation is 2. The van der Waals surface area contributed by atoms with E-state index in [-0.39, 0.29) is 4.90 Å². The Bertz CT molecular complexity index is 879. The van der Waals surface area contributed by atoms with Gasteiger partial charge >= 0.3 is 5.97 Å². The van der Waals surface area contributed by atoms with Crippen molar-refractivity contribution in [2.45, 2.75) is 24.7 Å². The first kappa shape index (κ1) is 16.4. The SMILES string of the molecule is COC(=O)c1c(C)ccc2c1N(S(=O)(=O)c1cccnc1)CCC2. The fraction of sp³-hybridized carbons (Fsp3) is 0.294. The smallest absolute Gasteiger partial charge is 0.340 e. The number of ether oxygens (including phenoxy) is 1. The number of aromatic nitrogens is 1. The summed E-state index contributed by atoms with van der Waals surface area (Å²) in [5.41, 5.74) is 2.26. The van der Waals surface area contributed by atoms with Crippen LogP contribution in [0.2, 0.25) is 0 Å². The summed E-state index contributed by atoms with van der Waals surface area (Å²) in [5, 5.41) is 0. The lowest BCUT2D eigenvalue weighted by Crippen LogP contribution is -2.37. The molecule has 0 unspecified atom stereocenters. The fourth-order valence-corrected chi connectivity index (χ4v) is 4.49. The number of benzene rings is 1. The van der Waals surface area contributed by atoms with Gasteiger partial charge in [-0.2, -0.15) is 0 Å². The Morgan fingerprint density at radius 3 is 2.75 bits per heavy atom. The number of rotatable bonds is 3. The van der Waals surface area contributed by atoms with Crippen molar-refractivity contribution < 1.29 is 17.9 Å². The average Bonchev–Trinajstić information content (AvgIpc) is 2.61. The van der Waals surface area contributed by atoms with Crippen molar-refractivity contribution in [3.63, 3.8) is 0 Å². The minimum absolute atomic E-state index is 0.107. The lowest BCUT2D eigenvalue weighted by molar-refractivity contribution is 0.0600. The molecule has 0 aliphatic carbocycles. The number of fused-ring (bicyclic) bond motifs is 1. The number of nitrogens with zero attached hydrogens (tertiary/aromatic N) is 2. The summed E-state index contributed by atoms with van der Waals surface area (Å²) >= 11 is 0. The molecule has 2 heterocycles. The summed E-state index contributed by atoms with van der Waals surface area (Å²) in [6.07, 6.45) is 4.25. The van der Waals surface area contributed by atoms with E-state index < -0.39 is 16.0 Å². The Morgan fingerprint density at radius 2 is 2.08 bits per heavy atom. The quantitative estimate of drug-likeness (QED) is 0.797. The van der Waals surface area contributed by atoms with E-state index in [1.54, 1.807) is 13.0 Å². The van der Waals surface area contributed by atoms with Crippen molar-refractivity contribution >= 4 is 21.7 Å². The number of sulfonamides is 1. The van der Waals surface area contributed by atoms with Gasteiger partial charge in [-0.25, -0.2) is 13.2 Å². The molecule has 0 saturated heterocycles. The molecule has 126 valence electrons. The molecule has 6 nitrogen and oxygen atoms in total. The van der Waals surface area contributed by atoms with E-state index >= 15 is 0 Å². The van der Waals surface area contributed by atoms with Gasteiger partial charge in [-0.15, -0.1) is 0 Å². The number of methoxy groups -OCH3 is 1. The van der Waals surface area contributed by atoms with E-state index in [0.29, 0.717) is 29.8 Å². The van der Waals surface area contributed by atoms with Gasteiger partial charge in [0.1, 0.15) is 4.90 Å². The summed E-state index contributed by atoms with van der Waals surface area (Å²) in [4.78, 5) is 16.3. The number of pyridine rings is 1. The lowest BCUT2D eigenvalue weighted by atomic mass is 9.96. The summed E-state index contributed by atoms with van der Waals surface area (Å²) in [5.74, 6) is -0.530. The predicted molar refractivity (Wildman–Crippen MR) is 89.6 cm³/mol. The third kappa shape index (κ3) is 2.65. The molecule has 0 amide bonds. The molecule has 0 saturated carbocycles. The second-order valence-corrected chi connectivity index (χ2v) is 7.49. The molecule has 2 aromatic rings. The minimum Gasteiger partial charge on any atom is -0.465 e. The standard InChI is InChI=1S/C17H18N2O4S/c1-12-7-8-13-5-4-10-19(16(13)15(12)17(20)23-2)24(21,22)14-6-3-9-18-11-14/h3,6-9,11H,4-5,10H2,1-2H3. The van der Waals surface area contributed by atoms with Gasteiger partial charge in [0.15, 0.2) is 0 Å². The van der Waals surface area contributed by atoms with Crippen molar-refractivity contribution in [3.8, 4) is 0 Å². The van der Waals surface area contributed by atoms with E-state index in [1.807, 2.05) is 12.1 Å². The maximum absolute atomic E-state index is 13.1. The van der Waals surface area contributed by atoms with E-state index in [4.69, 9.17) is 4.74 Å². The normalized spacial score (nSPS) is 14.2. The van der Waals surface area contributed by atoms with Crippen LogP contribution in [-0.2, 0) is 21.2 Å². The number of carbonyl (C=O) groups is 1. The van der Waals surface area contributed by atoms with E-state index in [9.17, 15) is 13.2 Å². The molecule has 0 atom stereocenters. The summed E-state index contributed by atoms with van der Waals surface area (Å²) in [6.45, 7) is 2.09. The lowest BCUT2D eigenvalue weighted by Gasteiger charge is -2.32. The van der Waals surface area contributed by atoms with Gasteiger partial charge in [-0.05, 0) is 43.0 Å². The van der Waals surface area contributed by atoms with Crippen LogP contribution < -0.4 is 4.31 Å². The molecule has 3 rings (SSSR count). The van der Waals surface area contributed by atoms with Gasteiger partial charge in [0.25, 0.3) is 10.0 Å². The topological polar surface area (TPSA) is 76.6 Å². The summed E-state index contributed by atoms with van der Waals surface area (Å²) < 4.78 is 32.3. The van der Waals surface area contributed by atoms with Gasteiger partial charge in [-0.3, -0.25) is 9.29 Å². The van der Waals surface area contributed by atoms with Gasteiger partial charge in [0, 0.05) is 18.9 Å². The number of hydrogen-bond donors (Lipinski definition) is 0. The number of anilines is 1. The van der Waals surface area contributed by atoms with Crippen LogP contribution in [0.4, 0.5) is 5.69 Å². The second kappa shape index (κ2) is 6.24. The molecule has 1 aromatic carbocycles. The Morgan fingerprint density at radius 1 is 1.29 bits per heavy atom. The molecule has 0 spiro atoms. The molecular weight excluding hydrogens is 328 g/mol. The Labute approximate surface area is 141 Å². The molecule has 1 aliphatic rings. The maximum atomic E-state index is 13.1. The monoisotopic (exact) mass is 346 g/mol. The van der Waals surface area contributed by atoms with E-state index in [1.165, 1.54) is 29.9 Å². The van der Waals surface area contributed by atoms with Gasteiger partial charge in [-0.1, -0.05) is 12.1 Å². The highest BCUT2D eigenvalue weighted by Crippen LogP contribution is 2.36. The molecule has 0 fully saturated rings. The third-order valence-electron chi connectivity index (χ3n) is 4.14. The Kier molecular flexibility index (Phi) is 4.28. The molecule has 24 heavy (non-hydrogen) atoms. The van der Waals surface area contributed by atoms with E-state index in [2.05, 4.69) is 4.98 Å².